The molecule has 0 atom stereocenters. The van der Waals surface area contributed by atoms with E-state index in [-0.39, 0.29) is 24.0 Å². The van der Waals surface area contributed by atoms with Crippen molar-refractivity contribution in [3.8, 4) is 5.75 Å². The van der Waals surface area contributed by atoms with Crippen LogP contribution in [0.4, 0.5) is 0 Å². The van der Waals surface area contributed by atoms with E-state index in [4.69, 9.17) is 16.3 Å². The molecule has 0 spiro atoms. The number of carbonyl (C=O) groups excluding carboxylic acids is 1. The summed E-state index contributed by atoms with van der Waals surface area (Å²) in [6, 6.07) is 10.2. The lowest BCUT2D eigenvalue weighted by Gasteiger charge is -2.29. The van der Waals surface area contributed by atoms with Gasteiger partial charge in [-0.2, -0.15) is 4.31 Å². The van der Waals surface area contributed by atoms with Gasteiger partial charge in [-0.25, -0.2) is 8.42 Å². The molecule has 1 aliphatic heterocycles. The number of sulfonamides is 1. The molecule has 1 fully saturated rings. The SMILES string of the molecule is Cc1ccc(OCCNC(=O)c2cc(S(=O)(=O)N3CCC(C)CC3)ccc2C)cc1Cl. The summed E-state index contributed by atoms with van der Waals surface area (Å²) < 4.78 is 33.2. The number of nitrogens with one attached hydrogen (secondary N) is 1. The number of amides is 1. The van der Waals surface area contributed by atoms with Gasteiger partial charge in [0.2, 0.25) is 10.0 Å². The van der Waals surface area contributed by atoms with Gasteiger partial charge < -0.3 is 10.1 Å². The van der Waals surface area contributed by atoms with Crippen molar-refractivity contribution >= 4 is 27.5 Å². The van der Waals surface area contributed by atoms with Gasteiger partial charge in [0, 0.05) is 23.7 Å². The van der Waals surface area contributed by atoms with Gasteiger partial charge in [0.15, 0.2) is 0 Å². The van der Waals surface area contributed by atoms with E-state index >= 15 is 0 Å². The first-order chi connectivity index (χ1) is 14.7. The van der Waals surface area contributed by atoms with Gasteiger partial charge in [0.05, 0.1) is 11.4 Å². The molecule has 0 saturated carbocycles. The molecule has 8 heteroatoms. The van der Waals surface area contributed by atoms with Crippen molar-refractivity contribution in [2.45, 2.75) is 38.5 Å². The Hall–Kier alpha value is -2.09. The molecule has 31 heavy (non-hydrogen) atoms. The zero-order valence-electron chi connectivity index (χ0n) is 18.2. The van der Waals surface area contributed by atoms with Crippen molar-refractivity contribution in [2.75, 3.05) is 26.2 Å². The van der Waals surface area contributed by atoms with Crippen LogP contribution in [0.2, 0.25) is 5.02 Å². The molecule has 0 radical (unpaired) electrons. The summed E-state index contributed by atoms with van der Waals surface area (Å²) in [5.41, 5.74) is 2.03. The maximum absolute atomic E-state index is 13.0. The first-order valence-electron chi connectivity index (χ1n) is 10.5. The van der Waals surface area contributed by atoms with Crippen LogP contribution in [-0.4, -0.2) is 44.9 Å². The fourth-order valence-electron chi connectivity index (χ4n) is 3.47. The summed E-state index contributed by atoms with van der Waals surface area (Å²) in [6.07, 6.45) is 1.70. The zero-order chi connectivity index (χ0) is 22.6. The van der Waals surface area contributed by atoms with Crippen molar-refractivity contribution in [1.29, 1.82) is 0 Å². The highest BCUT2D eigenvalue weighted by Gasteiger charge is 2.28. The molecule has 2 aromatic rings. The number of ether oxygens (including phenoxy) is 1. The van der Waals surface area contributed by atoms with Crippen molar-refractivity contribution in [3.05, 3.63) is 58.1 Å². The smallest absolute Gasteiger partial charge is 0.251 e. The molecule has 0 bridgehead atoms. The topological polar surface area (TPSA) is 75.7 Å². The summed E-state index contributed by atoms with van der Waals surface area (Å²) in [4.78, 5) is 12.8. The summed E-state index contributed by atoms with van der Waals surface area (Å²) in [6.45, 7) is 7.42. The van der Waals surface area contributed by atoms with Crippen LogP contribution in [0.1, 0.15) is 41.3 Å². The Bertz CT molecular complexity index is 1050. The summed E-state index contributed by atoms with van der Waals surface area (Å²) in [5.74, 6) is 0.835. The number of rotatable bonds is 7. The van der Waals surface area contributed by atoms with Crippen molar-refractivity contribution in [1.82, 2.24) is 9.62 Å². The highest BCUT2D eigenvalue weighted by Crippen LogP contribution is 2.25. The molecular weight excluding hydrogens is 436 g/mol. The first kappa shape index (κ1) is 23.6. The Morgan fingerprint density at radius 2 is 1.81 bits per heavy atom. The maximum Gasteiger partial charge on any atom is 0.251 e. The Labute approximate surface area is 189 Å². The molecule has 2 aromatic carbocycles. The predicted octanol–water partition coefficient (Wildman–Crippen LogP) is 4.19. The van der Waals surface area contributed by atoms with Crippen molar-refractivity contribution < 1.29 is 17.9 Å². The molecular formula is C23H29ClN2O4S. The predicted molar refractivity (Wildman–Crippen MR) is 122 cm³/mol. The lowest BCUT2D eigenvalue weighted by Crippen LogP contribution is -2.38. The average molecular weight is 465 g/mol. The van der Waals surface area contributed by atoms with Gasteiger partial charge >= 0.3 is 0 Å². The van der Waals surface area contributed by atoms with Gasteiger partial charge in [-0.1, -0.05) is 30.7 Å². The molecule has 1 saturated heterocycles. The lowest BCUT2D eigenvalue weighted by atomic mass is 10.0. The van der Waals surface area contributed by atoms with Gasteiger partial charge in [0.25, 0.3) is 5.91 Å². The van der Waals surface area contributed by atoms with E-state index in [9.17, 15) is 13.2 Å². The van der Waals surface area contributed by atoms with Crippen LogP contribution in [0.25, 0.3) is 0 Å². The van der Waals surface area contributed by atoms with Crippen molar-refractivity contribution in [2.24, 2.45) is 5.92 Å². The largest absolute Gasteiger partial charge is 0.492 e. The van der Waals surface area contributed by atoms with Gasteiger partial charge in [0.1, 0.15) is 12.4 Å². The van der Waals surface area contributed by atoms with Crippen molar-refractivity contribution in [3.63, 3.8) is 0 Å². The van der Waals surface area contributed by atoms with Crippen LogP contribution in [0, 0.1) is 19.8 Å². The zero-order valence-corrected chi connectivity index (χ0v) is 19.7. The molecule has 3 rings (SSSR count). The normalized spacial score (nSPS) is 15.6. The quantitative estimate of drug-likeness (QED) is 0.623. The second kappa shape index (κ2) is 10.0. The molecule has 0 unspecified atom stereocenters. The van der Waals surface area contributed by atoms with Gasteiger partial charge in [-0.3, -0.25) is 4.79 Å². The number of halogens is 1. The maximum atomic E-state index is 13.0. The van der Waals surface area contributed by atoms with Crippen LogP contribution in [-0.2, 0) is 10.0 Å². The number of piperidine rings is 1. The third kappa shape index (κ3) is 5.79. The third-order valence-corrected chi connectivity index (χ3v) is 7.94. The van der Waals surface area contributed by atoms with E-state index in [0.29, 0.717) is 35.3 Å². The van der Waals surface area contributed by atoms with Crippen LogP contribution in [0.3, 0.4) is 0 Å². The van der Waals surface area contributed by atoms with E-state index in [2.05, 4.69) is 12.2 Å². The number of aryl methyl sites for hydroxylation is 2. The fourth-order valence-corrected chi connectivity index (χ4v) is 5.14. The number of benzene rings is 2. The van der Waals surface area contributed by atoms with Crippen LogP contribution in [0.15, 0.2) is 41.3 Å². The first-order valence-corrected chi connectivity index (χ1v) is 12.3. The summed E-state index contributed by atoms with van der Waals surface area (Å²) >= 11 is 6.09. The Morgan fingerprint density at radius 1 is 1.13 bits per heavy atom. The van der Waals surface area contributed by atoms with E-state index in [1.807, 2.05) is 19.1 Å². The lowest BCUT2D eigenvalue weighted by molar-refractivity contribution is 0.0946. The van der Waals surface area contributed by atoms with Gasteiger partial charge in [-0.05, 0) is 68.0 Å². The van der Waals surface area contributed by atoms with E-state index in [1.54, 1.807) is 25.1 Å². The van der Waals surface area contributed by atoms with Gasteiger partial charge in [-0.15, -0.1) is 0 Å². The number of carbonyl (C=O) groups is 1. The average Bonchev–Trinajstić information content (AvgIpc) is 2.74. The molecule has 168 valence electrons. The number of nitrogens with zero attached hydrogens (tertiary/aromatic N) is 1. The highest BCUT2D eigenvalue weighted by atomic mass is 35.5. The molecule has 6 nitrogen and oxygen atoms in total. The van der Waals surface area contributed by atoms with E-state index in [1.165, 1.54) is 10.4 Å². The van der Waals surface area contributed by atoms with E-state index < -0.39 is 10.0 Å². The Kier molecular flexibility index (Phi) is 7.62. The minimum absolute atomic E-state index is 0.156. The van der Waals surface area contributed by atoms with Crippen LogP contribution in [0.5, 0.6) is 5.75 Å². The molecule has 1 amide bonds. The minimum atomic E-state index is -3.61. The van der Waals surface area contributed by atoms with Crippen LogP contribution < -0.4 is 10.1 Å². The monoisotopic (exact) mass is 464 g/mol. The third-order valence-electron chi connectivity index (χ3n) is 5.63. The Morgan fingerprint density at radius 3 is 2.48 bits per heavy atom. The second-order valence-electron chi connectivity index (χ2n) is 8.08. The summed E-state index contributed by atoms with van der Waals surface area (Å²) in [7, 11) is -3.61. The number of hydrogen-bond donors (Lipinski definition) is 1. The molecule has 0 aliphatic carbocycles. The van der Waals surface area contributed by atoms with E-state index in [0.717, 1.165) is 24.0 Å². The second-order valence-corrected chi connectivity index (χ2v) is 10.4. The van der Waals surface area contributed by atoms with Crippen LogP contribution >= 0.6 is 11.6 Å². The Balaban J connectivity index is 1.62. The fraction of sp³-hybridized carbons (Fsp3) is 0.435. The minimum Gasteiger partial charge on any atom is -0.492 e. The number of hydrogen-bond acceptors (Lipinski definition) is 4. The molecule has 0 aromatic heterocycles. The highest BCUT2D eigenvalue weighted by molar-refractivity contribution is 7.89. The molecule has 1 heterocycles. The molecule has 1 aliphatic rings. The summed E-state index contributed by atoms with van der Waals surface area (Å²) in [5, 5.41) is 3.42. The molecule has 1 N–H and O–H groups in total. The standard InChI is InChI=1S/C23H29ClN2O4S/c1-16-8-11-26(12-9-16)31(28,29)20-7-5-17(2)21(15-20)23(27)25-10-13-30-19-6-4-18(3)22(24)14-19/h4-7,14-16H,8-13H2,1-3H3,(H,25,27).